The van der Waals surface area contributed by atoms with Crippen molar-refractivity contribution >= 4 is 27.6 Å². The van der Waals surface area contributed by atoms with Crippen molar-refractivity contribution in [2.24, 2.45) is 0 Å². The summed E-state index contributed by atoms with van der Waals surface area (Å²) in [6.45, 7) is 1.81. The van der Waals surface area contributed by atoms with E-state index in [9.17, 15) is 23.1 Å². The molecule has 0 aromatic heterocycles. The number of nitrogens with one attached hydrogen (secondary N) is 2. The minimum absolute atomic E-state index is 0.0249. The third-order valence-corrected chi connectivity index (χ3v) is 5.13. The zero-order valence-corrected chi connectivity index (χ0v) is 15.0. The number of benzene rings is 2. The van der Waals surface area contributed by atoms with Gasteiger partial charge in [-0.15, -0.1) is 0 Å². The zero-order valence-electron chi connectivity index (χ0n) is 14.2. The molecule has 1 unspecified atom stereocenters. The van der Waals surface area contributed by atoms with Crippen LogP contribution in [0, 0.1) is 6.92 Å². The van der Waals surface area contributed by atoms with Crippen molar-refractivity contribution in [3.63, 3.8) is 0 Å². The van der Waals surface area contributed by atoms with Crippen LogP contribution in [0.4, 0.5) is 5.69 Å². The molecular weight excluding hydrogens is 356 g/mol. The first-order valence-electron chi connectivity index (χ1n) is 7.94. The number of carboxylic acids is 1. The van der Waals surface area contributed by atoms with Gasteiger partial charge in [0.05, 0.1) is 4.90 Å². The van der Waals surface area contributed by atoms with E-state index in [1.54, 1.807) is 42.5 Å². The van der Waals surface area contributed by atoms with Gasteiger partial charge in [0.2, 0.25) is 15.9 Å². The molecule has 0 aliphatic rings. The van der Waals surface area contributed by atoms with Crippen molar-refractivity contribution in [1.82, 2.24) is 4.72 Å². The second kappa shape index (κ2) is 8.59. The number of aryl methyl sites for hydroxylation is 1. The van der Waals surface area contributed by atoms with Gasteiger partial charge in [0.1, 0.15) is 6.04 Å². The Morgan fingerprint density at radius 1 is 1.04 bits per heavy atom. The van der Waals surface area contributed by atoms with Gasteiger partial charge in [-0.3, -0.25) is 9.59 Å². The van der Waals surface area contributed by atoms with Crippen LogP contribution in [0.3, 0.4) is 0 Å². The molecule has 0 saturated carbocycles. The summed E-state index contributed by atoms with van der Waals surface area (Å²) in [5, 5.41) is 11.9. The van der Waals surface area contributed by atoms with Gasteiger partial charge in [0, 0.05) is 12.1 Å². The number of hydrogen-bond acceptors (Lipinski definition) is 4. The van der Waals surface area contributed by atoms with E-state index < -0.39 is 27.9 Å². The SMILES string of the molecule is Cc1ccc(S(=O)(=O)NC(CCC(=O)Nc2ccccc2)C(=O)O)cc1. The number of amides is 1. The van der Waals surface area contributed by atoms with Crippen molar-refractivity contribution in [2.45, 2.75) is 30.7 Å². The van der Waals surface area contributed by atoms with Gasteiger partial charge in [-0.1, -0.05) is 35.9 Å². The minimum atomic E-state index is -3.99. The zero-order chi connectivity index (χ0) is 19.2. The lowest BCUT2D eigenvalue weighted by Gasteiger charge is -2.15. The molecule has 138 valence electrons. The molecule has 0 heterocycles. The maximum atomic E-state index is 12.3. The third-order valence-electron chi connectivity index (χ3n) is 3.64. The Hall–Kier alpha value is -2.71. The molecule has 3 N–H and O–H groups in total. The molecule has 2 aromatic carbocycles. The summed E-state index contributed by atoms with van der Waals surface area (Å²) in [5.41, 5.74) is 1.47. The van der Waals surface area contributed by atoms with Crippen LogP contribution >= 0.6 is 0 Å². The van der Waals surface area contributed by atoms with E-state index >= 15 is 0 Å². The van der Waals surface area contributed by atoms with Crippen LogP contribution in [0.5, 0.6) is 0 Å². The van der Waals surface area contributed by atoms with Crippen molar-refractivity contribution in [2.75, 3.05) is 5.32 Å². The van der Waals surface area contributed by atoms with E-state index in [0.29, 0.717) is 5.69 Å². The second-order valence-electron chi connectivity index (χ2n) is 5.78. The number of anilines is 1. The number of carbonyl (C=O) groups excluding carboxylic acids is 1. The summed E-state index contributed by atoms with van der Waals surface area (Å²) in [4.78, 5) is 23.3. The first-order chi connectivity index (χ1) is 12.3. The van der Waals surface area contributed by atoms with Crippen LogP contribution < -0.4 is 10.0 Å². The largest absolute Gasteiger partial charge is 0.480 e. The maximum absolute atomic E-state index is 12.3. The summed E-state index contributed by atoms with van der Waals surface area (Å²) in [6.07, 6.45) is -0.304. The highest BCUT2D eigenvalue weighted by Crippen LogP contribution is 2.13. The second-order valence-corrected chi connectivity index (χ2v) is 7.49. The summed E-state index contributed by atoms with van der Waals surface area (Å²) >= 11 is 0. The average Bonchev–Trinajstić information content (AvgIpc) is 2.59. The first-order valence-corrected chi connectivity index (χ1v) is 9.43. The molecule has 0 spiro atoms. The molecule has 0 aliphatic heterocycles. The van der Waals surface area contributed by atoms with Crippen molar-refractivity contribution in [1.29, 1.82) is 0 Å². The number of para-hydroxylation sites is 1. The average molecular weight is 376 g/mol. The normalized spacial score (nSPS) is 12.3. The third kappa shape index (κ3) is 5.68. The van der Waals surface area contributed by atoms with Crippen LogP contribution in [0.15, 0.2) is 59.5 Å². The highest BCUT2D eigenvalue weighted by molar-refractivity contribution is 7.89. The lowest BCUT2D eigenvalue weighted by molar-refractivity contribution is -0.139. The fourth-order valence-electron chi connectivity index (χ4n) is 2.23. The molecule has 1 atom stereocenters. The van der Waals surface area contributed by atoms with Gasteiger partial charge in [-0.2, -0.15) is 4.72 Å². The van der Waals surface area contributed by atoms with Gasteiger partial charge in [0.25, 0.3) is 0 Å². The summed E-state index contributed by atoms with van der Waals surface area (Å²) in [7, 11) is -3.99. The molecule has 1 amide bonds. The predicted octanol–water partition coefficient (Wildman–Crippen LogP) is 2.15. The molecule has 8 heteroatoms. The Labute approximate surface area is 152 Å². The van der Waals surface area contributed by atoms with Crippen LogP contribution in [-0.4, -0.2) is 31.4 Å². The summed E-state index contributed by atoms with van der Waals surface area (Å²) in [6, 6.07) is 13.4. The number of hydrogen-bond donors (Lipinski definition) is 3. The Bertz CT molecular complexity index is 864. The summed E-state index contributed by atoms with van der Waals surface area (Å²) < 4.78 is 26.8. The van der Waals surface area contributed by atoms with Crippen molar-refractivity contribution < 1.29 is 23.1 Å². The van der Waals surface area contributed by atoms with Gasteiger partial charge in [-0.25, -0.2) is 8.42 Å². The van der Waals surface area contributed by atoms with Crippen LogP contribution in [0.2, 0.25) is 0 Å². The van der Waals surface area contributed by atoms with E-state index in [2.05, 4.69) is 10.0 Å². The highest BCUT2D eigenvalue weighted by Gasteiger charge is 2.26. The molecule has 0 saturated heterocycles. The minimum Gasteiger partial charge on any atom is -0.480 e. The number of aliphatic carboxylic acids is 1. The topological polar surface area (TPSA) is 113 Å². The van der Waals surface area contributed by atoms with E-state index in [1.807, 2.05) is 6.92 Å². The number of rotatable bonds is 8. The summed E-state index contributed by atoms with van der Waals surface area (Å²) in [5.74, 6) is -1.73. The molecule has 7 nitrogen and oxygen atoms in total. The molecule has 0 fully saturated rings. The fourth-order valence-corrected chi connectivity index (χ4v) is 3.45. The molecular formula is C18H20N2O5S. The lowest BCUT2D eigenvalue weighted by Crippen LogP contribution is -2.41. The van der Waals surface area contributed by atoms with Crippen LogP contribution in [0.25, 0.3) is 0 Å². The van der Waals surface area contributed by atoms with Gasteiger partial charge in [0.15, 0.2) is 0 Å². The Balaban J connectivity index is 1.99. The lowest BCUT2D eigenvalue weighted by atomic mass is 10.1. The molecule has 0 radical (unpaired) electrons. The Morgan fingerprint density at radius 2 is 1.65 bits per heavy atom. The van der Waals surface area contributed by atoms with Gasteiger partial charge >= 0.3 is 5.97 Å². The molecule has 2 rings (SSSR count). The van der Waals surface area contributed by atoms with E-state index in [0.717, 1.165) is 5.56 Å². The maximum Gasteiger partial charge on any atom is 0.321 e. The molecule has 0 aliphatic carbocycles. The number of carboxylic acid groups (broad SMARTS) is 1. The smallest absolute Gasteiger partial charge is 0.321 e. The Morgan fingerprint density at radius 3 is 2.23 bits per heavy atom. The molecule has 26 heavy (non-hydrogen) atoms. The van der Waals surface area contributed by atoms with E-state index in [1.165, 1.54) is 12.1 Å². The predicted molar refractivity (Wildman–Crippen MR) is 97.2 cm³/mol. The van der Waals surface area contributed by atoms with Crippen molar-refractivity contribution in [3.05, 3.63) is 60.2 Å². The Kier molecular flexibility index (Phi) is 6.48. The highest BCUT2D eigenvalue weighted by atomic mass is 32.2. The van der Waals surface area contributed by atoms with Crippen LogP contribution in [-0.2, 0) is 19.6 Å². The molecule has 2 aromatic rings. The number of sulfonamides is 1. The van der Waals surface area contributed by atoms with E-state index in [4.69, 9.17) is 0 Å². The van der Waals surface area contributed by atoms with Crippen molar-refractivity contribution in [3.8, 4) is 0 Å². The standard InChI is InChI=1S/C18H20N2O5S/c1-13-7-9-15(10-8-13)26(24,25)20-16(18(22)23)11-12-17(21)19-14-5-3-2-4-6-14/h2-10,16,20H,11-12H2,1H3,(H,19,21)(H,22,23). The first kappa shape index (κ1) is 19.6. The number of carbonyl (C=O) groups is 2. The van der Waals surface area contributed by atoms with Crippen LogP contribution in [0.1, 0.15) is 18.4 Å². The van der Waals surface area contributed by atoms with Gasteiger partial charge < -0.3 is 10.4 Å². The monoisotopic (exact) mass is 376 g/mol. The van der Waals surface area contributed by atoms with Gasteiger partial charge in [-0.05, 0) is 37.6 Å². The van der Waals surface area contributed by atoms with E-state index in [-0.39, 0.29) is 17.7 Å². The molecule has 0 bridgehead atoms. The fraction of sp³-hybridized carbons (Fsp3) is 0.222. The quantitative estimate of drug-likeness (QED) is 0.653.